The molecule has 3 heterocycles. The molecule has 1 aliphatic heterocycles. The molecule has 0 amide bonds. The Balaban J connectivity index is 1.40. The van der Waals surface area contributed by atoms with Crippen molar-refractivity contribution in [1.29, 1.82) is 0 Å². The van der Waals surface area contributed by atoms with E-state index in [9.17, 15) is 9.90 Å². The minimum atomic E-state index is -0.978. The molecule has 2 unspecified atom stereocenters. The topological polar surface area (TPSA) is 100 Å². The Kier molecular flexibility index (Phi) is 5.70. The normalized spacial score (nSPS) is 16.2. The van der Waals surface area contributed by atoms with Gasteiger partial charge < -0.3 is 20.1 Å². The van der Waals surface area contributed by atoms with E-state index in [0.29, 0.717) is 12.4 Å². The maximum Gasteiger partial charge on any atom is 0.339 e. The summed E-state index contributed by atoms with van der Waals surface area (Å²) < 4.78 is 5.74. The number of carboxylic acid groups (broad SMARTS) is 1. The lowest BCUT2D eigenvalue weighted by Crippen LogP contribution is -2.32. The fourth-order valence-corrected chi connectivity index (χ4v) is 4.75. The first kappa shape index (κ1) is 20.4. The number of benzene rings is 2. The van der Waals surface area contributed by atoms with Gasteiger partial charge in [-0.25, -0.2) is 9.78 Å². The van der Waals surface area contributed by atoms with Gasteiger partial charge in [0.1, 0.15) is 11.3 Å². The van der Waals surface area contributed by atoms with Crippen LogP contribution in [0.1, 0.15) is 45.7 Å². The predicted molar refractivity (Wildman–Crippen MR) is 122 cm³/mol. The Hall–Kier alpha value is -3.49. The van der Waals surface area contributed by atoms with Gasteiger partial charge in [0.05, 0.1) is 35.1 Å². The van der Waals surface area contributed by atoms with E-state index < -0.39 is 5.97 Å². The lowest BCUT2D eigenvalue weighted by atomic mass is 9.95. The molecule has 2 atom stereocenters. The molecule has 0 bridgehead atoms. The summed E-state index contributed by atoms with van der Waals surface area (Å²) in [5.74, 6) is -0.519. The molecule has 32 heavy (non-hydrogen) atoms. The number of hydrogen-bond donors (Lipinski definition) is 3. The monoisotopic (exact) mass is 446 g/mol. The highest BCUT2D eigenvalue weighted by molar-refractivity contribution is 7.13. The molecular weight excluding hydrogens is 424 g/mol. The number of aromatic carboxylic acids is 1. The highest BCUT2D eigenvalue weighted by atomic mass is 32.1. The standard InChI is InChI=1S/C24H22N4O3S/c29-24(30)18-3-1-2-17-19(8-9-31-23(17)18)28-20(21-11-25-13-27-21)10-15-4-6-16(7-5-15)22-12-26-14-32-22/h1-7,11-14,19-20,28H,8-10H2,(H,25,27)(H,29,30). The van der Waals surface area contributed by atoms with Crippen molar-refractivity contribution < 1.29 is 14.6 Å². The Morgan fingerprint density at radius 3 is 2.81 bits per heavy atom. The SMILES string of the molecule is O=C(O)c1cccc2c1OCCC2NC(Cc1ccc(-c2cncs2)cc1)c1cnc[nH]1. The molecule has 8 heteroatoms. The first-order valence-electron chi connectivity index (χ1n) is 10.4. The molecule has 7 nitrogen and oxygen atoms in total. The number of rotatable bonds is 7. The maximum absolute atomic E-state index is 11.6. The number of imidazole rings is 1. The third-order valence-electron chi connectivity index (χ3n) is 5.71. The summed E-state index contributed by atoms with van der Waals surface area (Å²) in [6, 6.07) is 13.8. The van der Waals surface area contributed by atoms with Crippen molar-refractivity contribution in [3.05, 3.63) is 89.1 Å². The molecule has 2 aromatic carbocycles. The maximum atomic E-state index is 11.6. The van der Waals surface area contributed by atoms with Crippen LogP contribution in [0.5, 0.6) is 5.75 Å². The van der Waals surface area contributed by atoms with Crippen molar-refractivity contribution in [2.24, 2.45) is 0 Å². The van der Waals surface area contributed by atoms with E-state index in [4.69, 9.17) is 4.74 Å². The first-order valence-corrected chi connectivity index (χ1v) is 11.3. The van der Waals surface area contributed by atoms with Crippen molar-refractivity contribution in [2.75, 3.05) is 6.61 Å². The molecule has 5 rings (SSSR count). The zero-order chi connectivity index (χ0) is 21.9. The van der Waals surface area contributed by atoms with Crippen molar-refractivity contribution in [1.82, 2.24) is 20.3 Å². The number of aromatic nitrogens is 3. The molecule has 0 saturated carbocycles. The quantitative estimate of drug-likeness (QED) is 0.383. The van der Waals surface area contributed by atoms with Crippen molar-refractivity contribution in [3.63, 3.8) is 0 Å². The number of para-hydroxylation sites is 1. The van der Waals surface area contributed by atoms with Crippen LogP contribution in [0.25, 0.3) is 10.4 Å². The summed E-state index contributed by atoms with van der Waals surface area (Å²) in [7, 11) is 0. The van der Waals surface area contributed by atoms with Crippen molar-refractivity contribution in [2.45, 2.75) is 24.9 Å². The van der Waals surface area contributed by atoms with Gasteiger partial charge in [0.25, 0.3) is 0 Å². The number of thiazole rings is 1. The van der Waals surface area contributed by atoms with Gasteiger partial charge in [0.2, 0.25) is 0 Å². The van der Waals surface area contributed by atoms with Crippen LogP contribution in [0.15, 0.2) is 66.7 Å². The molecule has 0 radical (unpaired) electrons. The van der Waals surface area contributed by atoms with Crippen LogP contribution in [-0.4, -0.2) is 32.6 Å². The van der Waals surface area contributed by atoms with Crippen LogP contribution < -0.4 is 10.1 Å². The number of nitrogens with one attached hydrogen (secondary N) is 2. The smallest absolute Gasteiger partial charge is 0.339 e. The summed E-state index contributed by atoms with van der Waals surface area (Å²) in [6.07, 6.45) is 6.90. The average Bonchev–Trinajstić information content (AvgIpc) is 3.53. The third kappa shape index (κ3) is 4.15. The molecule has 3 N–H and O–H groups in total. The van der Waals surface area contributed by atoms with Crippen LogP contribution >= 0.6 is 11.3 Å². The lowest BCUT2D eigenvalue weighted by Gasteiger charge is -2.31. The fraction of sp³-hybridized carbons (Fsp3) is 0.208. The second-order valence-electron chi connectivity index (χ2n) is 7.71. The number of carboxylic acids is 1. The zero-order valence-electron chi connectivity index (χ0n) is 17.2. The van der Waals surface area contributed by atoms with Crippen LogP contribution in [0.2, 0.25) is 0 Å². The molecule has 0 saturated heterocycles. The van der Waals surface area contributed by atoms with Gasteiger partial charge in [-0.15, -0.1) is 11.3 Å². The summed E-state index contributed by atoms with van der Waals surface area (Å²) in [5.41, 5.74) is 6.24. The Morgan fingerprint density at radius 1 is 1.22 bits per heavy atom. The van der Waals surface area contributed by atoms with Crippen molar-refractivity contribution >= 4 is 17.3 Å². The van der Waals surface area contributed by atoms with Crippen LogP contribution in [-0.2, 0) is 6.42 Å². The average molecular weight is 447 g/mol. The Bertz CT molecular complexity index is 1190. The summed E-state index contributed by atoms with van der Waals surface area (Å²) in [5, 5.41) is 13.2. The van der Waals surface area contributed by atoms with E-state index in [0.717, 1.165) is 34.5 Å². The molecule has 0 fully saturated rings. The van der Waals surface area contributed by atoms with Crippen LogP contribution in [0, 0.1) is 0 Å². The molecular formula is C24H22N4O3S. The Labute approximate surface area is 189 Å². The van der Waals surface area contributed by atoms with E-state index >= 15 is 0 Å². The number of ether oxygens (including phenoxy) is 1. The zero-order valence-corrected chi connectivity index (χ0v) is 18.0. The van der Waals surface area contributed by atoms with E-state index in [1.165, 1.54) is 5.56 Å². The second-order valence-corrected chi connectivity index (χ2v) is 8.60. The first-order chi connectivity index (χ1) is 15.7. The number of aromatic amines is 1. The van der Waals surface area contributed by atoms with Gasteiger partial charge in [-0.1, -0.05) is 36.4 Å². The molecule has 1 aliphatic rings. The number of fused-ring (bicyclic) bond motifs is 1. The Morgan fingerprint density at radius 2 is 2.09 bits per heavy atom. The number of H-pyrrole nitrogens is 1. The summed E-state index contributed by atoms with van der Waals surface area (Å²) in [6.45, 7) is 0.466. The number of hydrogen-bond acceptors (Lipinski definition) is 6. The van der Waals surface area contributed by atoms with Gasteiger partial charge in [0.15, 0.2) is 0 Å². The second kappa shape index (κ2) is 8.94. The largest absolute Gasteiger partial charge is 0.492 e. The third-order valence-corrected chi connectivity index (χ3v) is 6.53. The van der Waals surface area contributed by atoms with Crippen LogP contribution in [0.3, 0.4) is 0 Å². The highest BCUT2D eigenvalue weighted by Crippen LogP contribution is 2.36. The molecule has 162 valence electrons. The molecule has 0 spiro atoms. The molecule has 2 aromatic heterocycles. The van der Waals surface area contributed by atoms with E-state index in [2.05, 4.69) is 44.5 Å². The highest BCUT2D eigenvalue weighted by Gasteiger charge is 2.28. The van der Waals surface area contributed by atoms with E-state index in [-0.39, 0.29) is 17.6 Å². The van der Waals surface area contributed by atoms with Gasteiger partial charge in [0, 0.05) is 30.4 Å². The van der Waals surface area contributed by atoms with E-state index in [1.807, 2.05) is 24.0 Å². The van der Waals surface area contributed by atoms with Gasteiger partial charge in [-0.3, -0.25) is 4.98 Å². The van der Waals surface area contributed by atoms with E-state index in [1.54, 1.807) is 29.8 Å². The number of nitrogens with zero attached hydrogens (tertiary/aromatic N) is 2. The van der Waals surface area contributed by atoms with Crippen LogP contribution in [0.4, 0.5) is 0 Å². The molecule has 4 aromatic rings. The lowest BCUT2D eigenvalue weighted by molar-refractivity contribution is 0.0690. The minimum absolute atomic E-state index is 0.0174. The fourth-order valence-electron chi connectivity index (χ4n) is 4.12. The number of carbonyl (C=O) groups is 1. The van der Waals surface area contributed by atoms with Gasteiger partial charge in [-0.2, -0.15) is 0 Å². The summed E-state index contributed by atoms with van der Waals surface area (Å²) in [4.78, 5) is 24.4. The predicted octanol–water partition coefficient (Wildman–Crippen LogP) is 4.63. The minimum Gasteiger partial charge on any atom is -0.492 e. The van der Waals surface area contributed by atoms with Crippen molar-refractivity contribution in [3.8, 4) is 16.2 Å². The van der Waals surface area contributed by atoms with Gasteiger partial charge >= 0.3 is 5.97 Å². The molecule has 0 aliphatic carbocycles. The summed E-state index contributed by atoms with van der Waals surface area (Å²) >= 11 is 1.62. The van der Waals surface area contributed by atoms with Gasteiger partial charge in [-0.05, 0) is 23.6 Å².